The van der Waals surface area contributed by atoms with Crippen molar-refractivity contribution < 1.29 is 18.0 Å². The van der Waals surface area contributed by atoms with Gasteiger partial charge in [0.25, 0.3) is 0 Å². The van der Waals surface area contributed by atoms with E-state index in [-0.39, 0.29) is 17.6 Å². The molecule has 0 bridgehead atoms. The van der Waals surface area contributed by atoms with Gasteiger partial charge in [0.05, 0.1) is 12.0 Å². The van der Waals surface area contributed by atoms with Gasteiger partial charge in [-0.3, -0.25) is 9.59 Å². The number of nitrogens with zero attached hydrogens (tertiary/aromatic N) is 3. The zero-order valence-electron chi connectivity index (χ0n) is 12.4. The number of nitrogens with one attached hydrogen (secondary N) is 1. The van der Waals surface area contributed by atoms with E-state index in [4.69, 9.17) is 5.73 Å². The van der Waals surface area contributed by atoms with Gasteiger partial charge in [0.1, 0.15) is 0 Å². The van der Waals surface area contributed by atoms with Gasteiger partial charge in [-0.2, -0.15) is 0 Å². The summed E-state index contributed by atoms with van der Waals surface area (Å²) >= 11 is 2.33. The Hall–Kier alpha value is -1.24. The van der Waals surface area contributed by atoms with Gasteiger partial charge < -0.3 is 11.1 Å². The van der Waals surface area contributed by atoms with E-state index in [1.54, 1.807) is 0 Å². The number of hydrogen-bond acceptors (Lipinski definition) is 8. The predicted molar refractivity (Wildman–Crippen MR) is 87.6 cm³/mol. The Kier molecular flexibility index (Phi) is 5.95. The Morgan fingerprint density at radius 1 is 1.39 bits per heavy atom. The smallest absolute Gasteiger partial charge is 0.229 e. The van der Waals surface area contributed by atoms with Crippen molar-refractivity contribution in [3.8, 4) is 0 Å². The minimum absolute atomic E-state index is 0.104. The molecule has 1 aliphatic heterocycles. The molecule has 0 aromatic carbocycles. The molecule has 1 aromatic heterocycles. The lowest BCUT2D eigenvalue weighted by atomic mass is 9.97. The number of nitrogens with two attached hydrogens (primary N) is 1. The van der Waals surface area contributed by atoms with Crippen LogP contribution in [0.5, 0.6) is 0 Å². The molecule has 12 heteroatoms. The Balaban J connectivity index is 1.85. The Morgan fingerprint density at radius 2 is 2.04 bits per heavy atom. The Morgan fingerprint density at radius 3 is 2.61 bits per heavy atom. The third-order valence-electron chi connectivity index (χ3n) is 3.27. The summed E-state index contributed by atoms with van der Waals surface area (Å²) in [7, 11) is -3.20. The highest BCUT2D eigenvalue weighted by molar-refractivity contribution is 8.01. The molecule has 2 amide bonds. The predicted octanol–water partition coefficient (Wildman–Crippen LogP) is -0.274. The molecule has 23 heavy (non-hydrogen) atoms. The molecule has 2 heterocycles. The van der Waals surface area contributed by atoms with Crippen LogP contribution in [0.15, 0.2) is 4.34 Å². The summed E-state index contributed by atoms with van der Waals surface area (Å²) in [6.07, 6.45) is 2.11. The van der Waals surface area contributed by atoms with Crippen molar-refractivity contribution in [2.45, 2.75) is 17.2 Å². The van der Waals surface area contributed by atoms with Crippen molar-refractivity contribution >= 4 is 50.1 Å². The molecule has 128 valence electrons. The molecule has 1 saturated heterocycles. The molecule has 2 rings (SSSR count). The lowest BCUT2D eigenvalue weighted by Gasteiger charge is -2.29. The maximum Gasteiger partial charge on any atom is 0.229 e. The largest absolute Gasteiger partial charge is 0.369 e. The first-order valence-corrected chi connectivity index (χ1v) is 10.4. The second-order valence-electron chi connectivity index (χ2n) is 5.05. The van der Waals surface area contributed by atoms with Crippen LogP contribution in [0.1, 0.15) is 12.8 Å². The zero-order valence-corrected chi connectivity index (χ0v) is 14.8. The van der Waals surface area contributed by atoms with Crippen LogP contribution in [-0.2, 0) is 19.6 Å². The van der Waals surface area contributed by atoms with Crippen molar-refractivity contribution in [2.75, 3.05) is 30.4 Å². The first kappa shape index (κ1) is 18.1. The molecule has 1 aromatic rings. The fourth-order valence-electron chi connectivity index (χ4n) is 2.11. The van der Waals surface area contributed by atoms with E-state index in [0.29, 0.717) is 35.4 Å². The summed E-state index contributed by atoms with van der Waals surface area (Å²) in [6, 6.07) is 0. The first-order valence-electron chi connectivity index (χ1n) is 6.76. The molecule has 1 fully saturated rings. The van der Waals surface area contributed by atoms with Gasteiger partial charge >= 0.3 is 0 Å². The van der Waals surface area contributed by atoms with Crippen LogP contribution in [0, 0.1) is 5.92 Å². The van der Waals surface area contributed by atoms with Crippen molar-refractivity contribution in [2.24, 2.45) is 11.7 Å². The van der Waals surface area contributed by atoms with Crippen LogP contribution in [0.3, 0.4) is 0 Å². The van der Waals surface area contributed by atoms with Gasteiger partial charge in [-0.05, 0) is 12.8 Å². The van der Waals surface area contributed by atoms with Crippen LogP contribution in [-0.4, -0.2) is 59.8 Å². The van der Waals surface area contributed by atoms with Gasteiger partial charge in [0.15, 0.2) is 4.34 Å². The highest BCUT2D eigenvalue weighted by Gasteiger charge is 2.29. The van der Waals surface area contributed by atoms with Crippen LogP contribution in [0.2, 0.25) is 0 Å². The van der Waals surface area contributed by atoms with Gasteiger partial charge in [0.2, 0.25) is 27.0 Å². The number of sulfonamides is 1. The van der Waals surface area contributed by atoms with Gasteiger partial charge in [-0.1, -0.05) is 23.1 Å². The highest BCUT2D eigenvalue weighted by atomic mass is 32.2. The summed E-state index contributed by atoms with van der Waals surface area (Å²) in [4.78, 5) is 22.9. The van der Waals surface area contributed by atoms with E-state index >= 15 is 0 Å². The zero-order chi connectivity index (χ0) is 17.0. The second-order valence-corrected chi connectivity index (χ2v) is 9.24. The van der Waals surface area contributed by atoms with Crippen molar-refractivity contribution in [3.63, 3.8) is 0 Å². The van der Waals surface area contributed by atoms with E-state index in [9.17, 15) is 18.0 Å². The number of hydrogen-bond donors (Lipinski definition) is 2. The van der Waals surface area contributed by atoms with Gasteiger partial charge in [-0.25, -0.2) is 12.7 Å². The lowest BCUT2D eigenvalue weighted by molar-refractivity contribution is -0.121. The van der Waals surface area contributed by atoms with Crippen molar-refractivity contribution in [1.29, 1.82) is 0 Å². The summed E-state index contributed by atoms with van der Waals surface area (Å²) in [5.41, 5.74) is 5.05. The summed E-state index contributed by atoms with van der Waals surface area (Å²) in [6.45, 7) is 0.680. The molecule has 0 aliphatic carbocycles. The third-order valence-corrected chi connectivity index (χ3v) is 6.57. The molecule has 3 N–H and O–H groups in total. The van der Waals surface area contributed by atoms with Crippen LogP contribution >= 0.6 is 23.1 Å². The van der Waals surface area contributed by atoms with Crippen molar-refractivity contribution in [1.82, 2.24) is 14.5 Å². The number of amides is 2. The maximum atomic E-state index is 12.2. The fourth-order valence-corrected chi connectivity index (χ4v) is 4.48. The fraction of sp³-hybridized carbons (Fsp3) is 0.636. The van der Waals surface area contributed by atoms with Crippen molar-refractivity contribution in [3.05, 3.63) is 0 Å². The number of piperidine rings is 1. The molecular formula is C11H17N5O4S3. The molecular weight excluding hydrogens is 362 g/mol. The highest BCUT2D eigenvalue weighted by Crippen LogP contribution is 2.26. The average molecular weight is 379 g/mol. The standard InChI is InChI=1S/C11H17N5O4S3/c1-23(19,20)16-4-2-7(3-5-16)9(18)13-10-14-15-11(22-10)21-6-8(12)17/h7H,2-6H2,1H3,(H2,12,17)(H,13,14,18). The number of carbonyl (C=O) groups is 2. The topological polar surface area (TPSA) is 135 Å². The van der Waals surface area contributed by atoms with Crippen LogP contribution in [0.25, 0.3) is 0 Å². The second kappa shape index (κ2) is 7.55. The minimum Gasteiger partial charge on any atom is -0.369 e. The van der Waals surface area contributed by atoms with Crippen LogP contribution in [0.4, 0.5) is 5.13 Å². The molecule has 0 saturated carbocycles. The molecule has 0 atom stereocenters. The SMILES string of the molecule is CS(=O)(=O)N1CCC(C(=O)Nc2nnc(SCC(N)=O)s2)CC1. The Labute approximate surface area is 142 Å². The van der Waals surface area contributed by atoms with Gasteiger partial charge in [0, 0.05) is 19.0 Å². The monoisotopic (exact) mass is 379 g/mol. The number of aromatic nitrogens is 2. The van der Waals surface area contributed by atoms with Crippen LogP contribution < -0.4 is 11.1 Å². The normalized spacial score (nSPS) is 17.1. The average Bonchev–Trinajstić information content (AvgIpc) is 2.92. The molecule has 0 unspecified atom stereocenters. The quantitative estimate of drug-likeness (QED) is 0.513. The summed E-state index contributed by atoms with van der Waals surface area (Å²) in [5.74, 6) is -0.792. The van der Waals surface area contributed by atoms with E-state index in [1.807, 2.05) is 0 Å². The summed E-state index contributed by atoms with van der Waals surface area (Å²) < 4.78 is 24.8. The number of carbonyl (C=O) groups excluding carboxylic acids is 2. The van der Waals surface area contributed by atoms with E-state index in [0.717, 1.165) is 11.8 Å². The van der Waals surface area contributed by atoms with E-state index in [1.165, 1.54) is 21.9 Å². The lowest BCUT2D eigenvalue weighted by Crippen LogP contribution is -2.40. The third kappa shape index (κ3) is 5.41. The first-order chi connectivity index (χ1) is 10.8. The van der Waals surface area contributed by atoms with E-state index in [2.05, 4.69) is 15.5 Å². The maximum absolute atomic E-state index is 12.2. The number of thioether (sulfide) groups is 1. The number of anilines is 1. The Bertz CT molecular complexity index is 682. The summed E-state index contributed by atoms with van der Waals surface area (Å²) in [5, 5.41) is 10.7. The number of primary amides is 1. The molecule has 0 radical (unpaired) electrons. The molecule has 0 spiro atoms. The minimum atomic E-state index is -3.20. The molecule has 9 nitrogen and oxygen atoms in total. The number of rotatable bonds is 6. The van der Waals surface area contributed by atoms with Gasteiger partial charge in [-0.15, -0.1) is 10.2 Å². The molecule has 1 aliphatic rings. The van der Waals surface area contributed by atoms with E-state index < -0.39 is 15.9 Å².